The van der Waals surface area contributed by atoms with Gasteiger partial charge < -0.3 is 0 Å². The van der Waals surface area contributed by atoms with Gasteiger partial charge in [0, 0.05) is 14.1 Å². The van der Waals surface area contributed by atoms with Crippen molar-refractivity contribution in [3.05, 3.63) is 95.6 Å². The molecular formula is C31H28N4O6. The van der Waals surface area contributed by atoms with Crippen LogP contribution in [0.1, 0.15) is 16.7 Å². The molecule has 208 valence electrons. The van der Waals surface area contributed by atoms with Gasteiger partial charge in [0.1, 0.15) is 11.8 Å². The molecule has 2 aliphatic rings. The number of carbonyl (C=O) groups excluding carboxylic acids is 6. The molecule has 0 spiro atoms. The van der Waals surface area contributed by atoms with E-state index in [1.165, 1.54) is 14.1 Å². The summed E-state index contributed by atoms with van der Waals surface area (Å²) in [7, 11) is 2.71. The summed E-state index contributed by atoms with van der Waals surface area (Å²) in [6.07, 6.45) is 0.136. The predicted octanol–water partition coefficient (Wildman–Crippen LogP) is 3.56. The number of hydrogen-bond donors (Lipinski definition) is 0. The molecule has 3 aromatic carbocycles. The van der Waals surface area contributed by atoms with Crippen molar-refractivity contribution in [2.45, 2.75) is 19.8 Å². The van der Waals surface area contributed by atoms with E-state index in [0.717, 1.165) is 25.2 Å². The zero-order chi connectivity index (χ0) is 29.4. The van der Waals surface area contributed by atoms with Gasteiger partial charge in [0.2, 0.25) is 23.6 Å². The number of carbonyl (C=O) groups is 6. The van der Waals surface area contributed by atoms with Crippen LogP contribution < -0.4 is 9.80 Å². The molecule has 0 aliphatic carbocycles. The van der Waals surface area contributed by atoms with Crippen molar-refractivity contribution >= 4 is 47.1 Å². The Labute approximate surface area is 236 Å². The summed E-state index contributed by atoms with van der Waals surface area (Å²) in [6.45, 7) is 1.85. The average Bonchev–Trinajstić information content (AvgIpc) is 2.97. The Kier molecular flexibility index (Phi) is 7.23. The maximum absolute atomic E-state index is 13.4. The first-order valence-electron chi connectivity index (χ1n) is 13.1. The SMILES string of the molecule is Cc1cccc(N2C(=O)C(Cc3ccc(CC4C(=O)N(C)C(=O)N(c5ccccc5)C4=O)cc3)C(=O)N(C)C2=O)c1. The lowest BCUT2D eigenvalue weighted by molar-refractivity contribution is -0.141. The molecule has 2 saturated heterocycles. The van der Waals surface area contributed by atoms with Crippen molar-refractivity contribution in [2.24, 2.45) is 11.8 Å². The molecule has 10 nitrogen and oxygen atoms in total. The number of aryl methyl sites for hydroxylation is 1. The number of rotatable bonds is 6. The molecule has 2 fully saturated rings. The average molecular weight is 553 g/mol. The second-order valence-electron chi connectivity index (χ2n) is 10.2. The van der Waals surface area contributed by atoms with Gasteiger partial charge in [0.25, 0.3) is 0 Å². The predicted molar refractivity (Wildman–Crippen MR) is 150 cm³/mol. The fourth-order valence-corrected chi connectivity index (χ4v) is 5.12. The Morgan fingerprint density at radius 2 is 0.976 bits per heavy atom. The number of urea groups is 2. The number of para-hydroxylation sites is 1. The van der Waals surface area contributed by atoms with Gasteiger partial charge in [-0.3, -0.25) is 29.0 Å². The van der Waals surface area contributed by atoms with Crippen LogP contribution in [0.15, 0.2) is 78.9 Å². The van der Waals surface area contributed by atoms with Crippen molar-refractivity contribution in [1.82, 2.24) is 9.80 Å². The van der Waals surface area contributed by atoms with Gasteiger partial charge in [-0.15, -0.1) is 0 Å². The van der Waals surface area contributed by atoms with Gasteiger partial charge in [0.05, 0.1) is 11.4 Å². The molecule has 41 heavy (non-hydrogen) atoms. The maximum Gasteiger partial charge on any atom is 0.337 e. The molecule has 3 aromatic rings. The molecule has 5 rings (SSSR count). The third-order valence-corrected chi connectivity index (χ3v) is 7.43. The normalized spacial score (nSPS) is 19.9. The zero-order valence-electron chi connectivity index (χ0n) is 22.8. The van der Waals surface area contributed by atoms with Crippen molar-refractivity contribution in [3.63, 3.8) is 0 Å². The minimum absolute atomic E-state index is 0.0677. The van der Waals surface area contributed by atoms with Crippen LogP contribution in [0.5, 0.6) is 0 Å². The van der Waals surface area contributed by atoms with E-state index in [1.807, 2.05) is 13.0 Å². The number of anilines is 2. The molecular weight excluding hydrogens is 524 g/mol. The van der Waals surface area contributed by atoms with Crippen LogP contribution in [0.3, 0.4) is 0 Å². The molecule has 2 aliphatic heterocycles. The Bertz CT molecular complexity index is 1570. The summed E-state index contributed by atoms with van der Waals surface area (Å²) in [5.74, 6) is -4.55. The fourth-order valence-electron chi connectivity index (χ4n) is 5.12. The van der Waals surface area contributed by atoms with E-state index >= 15 is 0 Å². The lowest BCUT2D eigenvalue weighted by atomic mass is 9.91. The Morgan fingerprint density at radius 3 is 1.44 bits per heavy atom. The van der Waals surface area contributed by atoms with Crippen LogP contribution in [-0.4, -0.2) is 59.6 Å². The third kappa shape index (κ3) is 5.00. The van der Waals surface area contributed by atoms with E-state index in [9.17, 15) is 28.8 Å². The van der Waals surface area contributed by atoms with E-state index in [1.54, 1.807) is 72.8 Å². The highest BCUT2D eigenvalue weighted by atomic mass is 16.2. The molecule has 2 unspecified atom stereocenters. The number of benzene rings is 3. The lowest BCUT2D eigenvalue weighted by Crippen LogP contribution is -2.59. The standard InChI is InChI=1S/C31H28N4O6/c1-19-8-7-11-23(16-19)35-29(39)25(27(37)33(3)31(35)41)18-21-14-12-20(13-15-21)17-24-26(36)32(2)30(40)34(28(24)38)22-9-5-4-6-10-22/h4-16,24-25H,17-18H2,1-3H3. The molecule has 8 amide bonds. The molecule has 0 radical (unpaired) electrons. The first kappa shape index (κ1) is 27.4. The summed E-state index contributed by atoms with van der Waals surface area (Å²) in [5, 5.41) is 0. The summed E-state index contributed by atoms with van der Waals surface area (Å²) in [6, 6.07) is 20.9. The Hall–Kier alpha value is -5.12. The highest BCUT2D eigenvalue weighted by Gasteiger charge is 2.46. The molecule has 0 aromatic heterocycles. The highest BCUT2D eigenvalue weighted by Crippen LogP contribution is 2.29. The lowest BCUT2D eigenvalue weighted by Gasteiger charge is -2.35. The second-order valence-corrected chi connectivity index (χ2v) is 10.2. The van der Waals surface area contributed by atoms with Gasteiger partial charge in [-0.1, -0.05) is 54.6 Å². The molecule has 0 saturated carbocycles. The Balaban J connectivity index is 1.34. The van der Waals surface area contributed by atoms with Crippen molar-refractivity contribution < 1.29 is 28.8 Å². The largest absolute Gasteiger partial charge is 0.337 e. The second kappa shape index (κ2) is 10.8. The van der Waals surface area contributed by atoms with Crippen molar-refractivity contribution in [1.29, 1.82) is 0 Å². The molecule has 2 heterocycles. The minimum Gasteiger partial charge on any atom is -0.273 e. The summed E-state index contributed by atoms with van der Waals surface area (Å²) in [4.78, 5) is 82.0. The van der Waals surface area contributed by atoms with Crippen LogP contribution in [0.2, 0.25) is 0 Å². The zero-order valence-corrected chi connectivity index (χ0v) is 22.8. The maximum atomic E-state index is 13.4. The quantitative estimate of drug-likeness (QED) is 0.432. The minimum atomic E-state index is -1.09. The molecule has 10 heteroatoms. The highest BCUT2D eigenvalue weighted by molar-refractivity contribution is 6.28. The number of barbiturate groups is 2. The van der Waals surface area contributed by atoms with E-state index in [2.05, 4.69) is 0 Å². The van der Waals surface area contributed by atoms with Crippen LogP contribution in [0, 0.1) is 18.8 Å². The number of hydrogen-bond acceptors (Lipinski definition) is 6. The first-order chi connectivity index (χ1) is 19.6. The summed E-state index contributed by atoms with van der Waals surface area (Å²) < 4.78 is 0. The third-order valence-electron chi connectivity index (χ3n) is 7.43. The van der Waals surface area contributed by atoms with Crippen LogP contribution in [-0.2, 0) is 32.0 Å². The van der Waals surface area contributed by atoms with Crippen LogP contribution >= 0.6 is 0 Å². The topological polar surface area (TPSA) is 115 Å². The van der Waals surface area contributed by atoms with Gasteiger partial charge >= 0.3 is 12.1 Å². The monoisotopic (exact) mass is 552 g/mol. The van der Waals surface area contributed by atoms with Gasteiger partial charge in [-0.2, -0.15) is 0 Å². The smallest absolute Gasteiger partial charge is 0.273 e. The Morgan fingerprint density at radius 1 is 0.537 bits per heavy atom. The van der Waals surface area contributed by atoms with E-state index in [-0.39, 0.29) is 12.8 Å². The van der Waals surface area contributed by atoms with Crippen molar-refractivity contribution in [2.75, 3.05) is 23.9 Å². The molecule has 0 bridgehead atoms. The fraction of sp³-hybridized carbons (Fsp3) is 0.226. The van der Waals surface area contributed by atoms with Crippen LogP contribution in [0.25, 0.3) is 0 Å². The summed E-state index contributed by atoms with van der Waals surface area (Å²) >= 11 is 0. The number of nitrogens with zero attached hydrogens (tertiary/aromatic N) is 4. The van der Waals surface area contributed by atoms with Gasteiger partial charge in [0.15, 0.2) is 0 Å². The summed E-state index contributed by atoms with van der Waals surface area (Å²) in [5.41, 5.74) is 2.99. The van der Waals surface area contributed by atoms with E-state index in [0.29, 0.717) is 22.5 Å². The molecule has 0 N–H and O–H groups in total. The number of imide groups is 4. The first-order valence-corrected chi connectivity index (χ1v) is 13.1. The van der Waals surface area contributed by atoms with Gasteiger partial charge in [-0.05, 0) is 60.7 Å². The van der Waals surface area contributed by atoms with Crippen LogP contribution in [0.4, 0.5) is 21.0 Å². The van der Waals surface area contributed by atoms with E-state index < -0.39 is 47.5 Å². The number of amides is 8. The van der Waals surface area contributed by atoms with Gasteiger partial charge in [-0.25, -0.2) is 19.4 Å². The van der Waals surface area contributed by atoms with E-state index in [4.69, 9.17) is 0 Å². The van der Waals surface area contributed by atoms with Crippen molar-refractivity contribution in [3.8, 4) is 0 Å². The molecule has 2 atom stereocenters.